The van der Waals surface area contributed by atoms with E-state index in [1.165, 1.54) is 18.2 Å². The highest BCUT2D eigenvalue weighted by atomic mass is 32.2. The van der Waals surface area contributed by atoms with Gasteiger partial charge in [0.25, 0.3) is 5.91 Å². The third-order valence-corrected chi connectivity index (χ3v) is 4.90. The fourth-order valence-electron chi connectivity index (χ4n) is 2.63. The zero-order valence-electron chi connectivity index (χ0n) is 14.4. The van der Waals surface area contributed by atoms with Crippen LogP contribution in [0.2, 0.25) is 0 Å². The van der Waals surface area contributed by atoms with Crippen LogP contribution in [0.15, 0.2) is 59.5 Å². The fourth-order valence-corrected chi connectivity index (χ4v) is 3.19. The van der Waals surface area contributed by atoms with E-state index < -0.39 is 10.0 Å². The van der Waals surface area contributed by atoms with Crippen LogP contribution in [0.5, 0.6) is 0 Å². The van der Waals surface area contributed by atoms with Gasteiger partial charge in [-0.05, 0) is 36.2 Å². The van der Waals surface area contributed by atoms with Gasteiger partial charge >= 0.3 is 0 Å². The van der Waals surface area contributed by atoms with Crippen molar-refractivity contribution in [1.29, 1.82) is 0 Å². The van der Waals surface area contributed by atoms with E-state index in [2.05, 4.69) is 10.3 Å². The molecule has 0 aliphatic carbocycles. The zero-order valence-corrected chi connectivity index (χ0v) is 15.2. The van der Waals surface area contributed by atoms with Gasteiger partial charge in [0.15, 0.2) is 0 Å². The fraction of sp³-hybridized carbons (Fsp3) is 0.158. The van der Waals surface area contributed by atoms with Gasteiger partial charge < -0.3 is 5.32 Å². The highest BCUT2D eigenvalue weighted by molar-refractivity contribution is 7.89. The zero-order chi connectivity index (χ0) is 18.9. The van der Waals surface area contributed by atoms with E-state index in [1.54, 1.807) is 12.1 Å². The lowest BCUT2D eigenvalue weighted by molar-refractivity contribution is 0.102. The number of sulfonamides is 1. The maximum atomic E-state index is 12.8. The number of carbonyl (C=O) groups is 1. The molecule has 0 saturated carbocycles. The Morgan fingerprint density at radius 3 is 2.50 bits per heavy atom. The van der Waals surface area contributed by atoms with Gasteiger partial charge in [0.2, 0.25) is 10.0 Å². The number of amides is 1. The van der Waals surface area contributed by atoms with Gasteiger partial charge in [-0.3, -0.25) is 9.78 Å². The van der Waals surface area contributed by atoms with Gasteiger partial charge in [0, 0.05) is 16.8 Å². The minimum absolute atomic E-state index is 0.0576. The number of hydrogen-bond donors (Lipinski definition) is 2. The third kappa shape index (κ3) is 3.74. The van der Waals surface area contributed by atoms with Crippen molar-refractivity contribution in [2.45, 2.75) is 24.7 Å². The highest BCUT2D eigenvalue weighted by Gasteiger charge is 2.15. The number of pyridine rings is 1. The molecule has 0 spiro atoms. The van der Waals surface area contributed by atoms with Crippen molar-refractivity contribution in [2.24, 2.45) is 5.14 Å². The number of primary sulfonamides is 1. The van der Waals surface area contributed by atoms with Gasteiger partial charge in [-0.25, -0.2) is 13.6 Å². The average molecular weight is 369 g/mol. The lowest BCUT2D eigenvalue weighted by atomic mass is 10.0. The van der Waals surface area contributed by atoms with Crippen LogP contribution in [0.3, 0.4) is 0 Å². The standard InChI is InChI=1S/C19H19N3O3S/c1-12(2)18-11-16(15-8-3-4-9-17(15)22-18)19(23)21-13-6-5-7-14(10-13)26(20,24)25/h3-12H,1-2H3,(H,21,23)(H2,20,24,25). The van der Waals surface area contributed by atoms with Crippen LogP contribution < -0.4 is 10.5 Å². The summed E-state index contributed by atoms with van der Waals surface area (Å²) in [7, 11) is -3.84. The van der Waals surface area contributed by atoms with E-state index in [-0.39, 0.29) is 16.7 Å². The molecule has 0 atom stereocenters. The van der Waals surface area contributed by atoms with Crippen LogP contribution in [0.1, 0.15) is 35.8 Å². The molecule has 3 rings (SSSR count). The number of anilines is 1. The van der Waals surface area contributed by atoms with Crippen molar-refractivity contribution in [3.8, 4) is 0 Å². The Hall–Kier alpha value is -2.77. The summed E-state index contributed by atoms with van der Waals surface area (Å²) >= 11 is 0. The first kappa shape index (κ1) is 18.0. The molecular weight excluding hydrogens is 350 g/mol. The normalized spacial score (nSPS) is 11.7. The molecular formula is C19H19N3O3S. The van der Waals surface area contributed by atoms with Crippen molar-refractivity contribution in [1.82, 2.24) is 4.98 Å². The molecule has 0 saturated heterocycles. The summed E-state index contributed by atoms with van der Waals surface area (Å²) < 4.78 is 23.0. The van der Waals surface area contributed by atoms with Gasteiger partial charge in [-0.2, -0.15) is 0 Å². The van der Waals surface area contributed by atoms with Crippen LogP contribution in [0.4, 0.5) is 5.69 Å². The summed E-state index contributed by atoms with van der Waals surface area (Å²) in [4.78, 5) is 17.4. The van der Waals surface area contributed by atoms with Crippen LogP contribution in [-0.4, -0.2) is 19.3 Å². The van der Waals surface area contributed by atoms with Gasteiger partial charge in [0.05, 0.1) is 16.0 Å². The molecule has 0 aliphatic rings. The molecule has 7 heteroatoms. The first-order valence-corrected chi connectivity index (χ1v) is 9.64. The van der Waals surface area contributed by atoms with E-state index in [0.717, 1.165) is 16.6 Å². The van der Waals surface area contributed by atoms with Gasteiger partial charge in [-0.1, -0.05) is 38.1 Å². The smallest absolute Gasteiger partial charge is 0.256 e. The van der Waals surface area contributed by atoms with Crippen molar-refractivity contribution in [3.05, 3.63) is 65.9 Å². The number of fused-ring (bicyclic) bond motifs is 1. The summed E-state index contributed by atoms with van der Waals surface area (Å²) in [6.07, 6.45) is 0. The van der Waals surface area contributed by atoms with Crippen LogP contribution in [-0.2, 0) is 10.0 Å². The summed E-state index contributed by atoms with van der Waals surface area (Å²) in [5.41, 5.74) is 2.39. The van der Waals surface area contributed by atoms with Crippen molar-refractivity contribution in [3.63, 3.8) is 0 Å². The Balaban J connectivity index is 2.03. The summed E-state index contributed by atoms with van der Waals surface area (Å²) in [6.45, 7) is 4.02. The summed E-state index contributed by atoms with van der Waals surface area (Å²) in [5, 5.41) is 8.62. The summed E-state index contributed by atoms with van der Waals surface area (Å²) in [5.74, 6) is -0.172. The Morgan fingerprint density at radius 1 is 1.08 bits per heavy atom. The van der Waals surface area contributed by atoms with Crippen molar-refractivity contribution in [2.75, 3.05) is 5.32 Å². The molecule has 3 N–H and O–H groups in total. The van der Waals surface area contributed by atoms with E-state index in [9.17, 15) is 13.2 Å². The average Bonchev–Trinajstić information content (AvgIpc) is 2.60. The number of rotatable bonds is 4. The minimum Gasteiger partial charge on any atom is -0.322 e. The number of nitrogens with one attached hydrogen (secondary N) is 1. The molecule has 1 heterocycles. The summed E-state index contributed by atoms with van der Waals surface area (Å²) in [6, 6.07) is 15.0. The van der Waals surface area contributed by atoms with Crippen molar-refractivity contribution < 1.29 is 13.2 Å². The Kier molecular flexibility index (Phi) is 4.76. The maximum Gasteiger partial charge on any atom is 0.256 e. The SMILES string of the molecule is CC(C)c1cc(C(=O)Nc2cccc(S(N)(=O)=O)c2)c2ccccc2n1. The minimum atomic E-state index is -3.84. The lowest BCUT2D eigenvalue weighted by Crippen LogP contribution is -2.15. The number of nitrogens with zero attached hydrogens (tertiary/aromatic N) is 1. The number of para-hydroxylation sites is 1. The molecule has 3 aromatic rings. The molecule has 1 aromatic heterocycles. The molecule has 0 aliphatic heterocycles. The van der Waals surface area contributed by atoms with E-state index in [0.29, 0.717) is 11.3 Å². The molecule has 26 heavy (non-hydrogen) atoms. The van der Waals surface area contributed by atoms with E-state index in [1.807, 2.05) is 38.1 Å². The van der Waals surface area contributed by atoms with E-state index in [4.69, 9.17) is 5.14 Å². The molecule has 0 radical (unpaired) electrons. The number of aromatic nitrogens is 1. The number of hydrogen-bond acceptors (Lipinski definition) is 4. The number of carbonyl (C=O) groups excluding carboxylic acids is 1. The maximum absolute atomic E-state index is 12.8. The van der Waals surface area contributed by atoms with Crippen LogP contribution in [0.25, 0.3) is 10.9 Å². The third-order valence-electron chi connectivity index (χ3n) is 3.99. The van der Waals surface area contributed by atoms with E-state index >= 15 is 0 Å². The lowest BCUT2D eigenvalue weighted by Gasteiger charge is -2.12. The molecule has 0 bridgehead atoms. The second kappa shape index (κ2) is 6.86. The molecule has 134 valence electrons. The van der Waals surface area contributed by atoms with Crippen molar-refractivity contribution >= 4 is 32.5 Å². The number of benzene rings is 2. The Bertz CT molecular complexity index is 1090. The highest BCUT2D eigenvalue weighted by Crippen LogP contribution is 2.24. The molecule has 6 nitrogen and oxygen atoms in total. The molecule has 0 unspecified atom stereocenters. The second-order valence-corrected chi connectivity index (χ2v) is 7.85. The monoisotopic (exact) mass is 369 g/mol. The Labute approximate surface area is 152 Å². The number of nitrogens with two attached hydrogens (primary N) is 1. The Morgan fingerprint density at radius 2 is 1.81 bits per heavy atom. The van der Waals surface area contributed by atoms with Gasteiger partial charge in [0.1, 0.15) is 0 Å². The first-order chi connectivity index (χ1) is 12.3. The molecule has 2 aromatic carbocycles. The quantitative estimate of drug-likeness (QED) is 0.737. The predicted molar refractivity (Wildman–Crippen MR) is 102 cm³/mol. The van der Waals surface area contributed by atoms with Crippen LogP contribution in [0, 0.1) is 0 Å². The predicted octanol–water partition coefficient (Wildman–Crippen LogP) is 3.26. The van der Waals surface area contributed by atoms with Gasteiger partial charge in [-0.15, -0.1) is 0 Å². The van der Waals surface area contributed by atoms with Crippen LogP contribution >= 0.6 is 0 Å². The molecule has 1 amide bonds. The first-order valence-electron chi connectivity index (χ1n) is 8.09. The molecule has 0 fully saturated rings. The second-order valence-electron chi connectivity index (χ2n) is 6.29. The largest absolute Gasteiger partial charge is 0.322 e. The topological polar surface area (TPSA) is 102 Å².